The first-order valence-corrected chi connectivity index (χ1v) is 7.67. The van der Waals surface area contributed by atoms with Crippen molar-refractivity contribution in [2.24, 2.45) is 5.73 Å². The number of nitrogens with one attached hydrogen (secondary N) is 1. The number of halogens is 3. The normalized spacial score (nSPS) is 14.3. The number of nitrogens with zero attached hydrogens (tertiary/aromatic N) is 2. The fraction of sp³-hybridized carbons (Fsp3) is 0.467. The first-order valence-electron chi connectivity index (χ1n) is 7.30. The van der Waals surface area contributed by atoms with Gasteiger partial charge in [0.05, 0.1) is 13.1 Å². The molecule has 136 valence electrons. The summed E-state index contributed by atoms with van der Waals surface area (Å²) in [4.78, 5) is 27.1. The van der Waals surface area contributed by atoms with Gasteiger partial charge in [0, 0.05) is 37.7 Å². The third-order valence-electron chi connectivity index (χ3n) is 3.67. The van der Waals surface area contributed by atoms with Crippen LogP contribution in [0.4, 0.5) is 0 Å². The molecule has 24 heavy (non-hydrogen) atoms. The average molecular weight is 398 g/mol. The molecule has 0 radical (unpaired) electrons. The van der Waals surface area contributed by atoms with Crippen LogP contribution in [-0.2, 0) is 16.1 Å². The van der Waals surface area contributed by atoms with E-state index in [0.29, 0.717) is 13.1 Å². The molecule has 1 aliphatic heterocycles. The van der Waals surface area contributed by atoms with Crippen molar-refractivity contribution in [2.45, 2.75) is 6.54 Å². The molecule has 0 saturated carbocycles. The van der Waals surface area contributed by atoms with Crippen LogP contribution >= 0.6 is 36.4 Å². The maximum atomic E-state index is 12.0. The second-order valence-electron chi connectivity index (χ2n) is 5.26. The van der Waals surface area contributed by atoms with Crippen molar-refractivity contribution < 1.29 is 9.59 Å². The molecule has 1 aliphatic rings. The summed E-state index contributed by atoms with van der Waals surface area (Å²) in [6, 6.07) is 7.80. The smallest absolute Gasteiger partial charge is 0.242 e. The van der Waals surface area contributed by atoms with Gasteiger partial charge in [-0.3, -0.25) is 14.5 Å². The number of rotatable bonds is 5. The molecule has 9 heteroatoms. The average Bonchev–Trinajstić information content (AvgIpc) is 2.55. The Morgan fingerprint density at radius 1 is 1.08 bits per heavy atom. The lowest BCUT2D eigenvalue weighted by atomic mass is 10.2. The fourth-order valence-corrected chi connectivity index (χ4v) is 2.49. The second-order valence-corrected chi connectivity index (χ2v) is 5.70. The third-order valence-corrected chi connectivity index (χ3v) is 3.92. The second kappa shape index (κ2) is 11.5. The van der Waals surface area contributed by atoms with Gasteiger partial charge in [-0.25, -0.2) is 0 Å². The quantitative estimate of drug-likeness (QED) is 0.774. The third kappa shape index (κ3) is 7.23. The lowest BCUT2D eigenvalue weighted by molar-refractivity contribution is -0.134. The topological polar surface area (TPSA) is 78.7 Å². The van der Waals surface area contributed by atoms with Crippen LogP contribution in [0.1, 0.15) is 5.56 Å². The molecule has 1 fully saturated rings. The maximum absolute atomic E-state index is 12.0. The van der Waals surface area contributed by atoms with Crippen LogP contribution in [0.15, 0.2) is 24.3 Å². The van der Waals surface area contributed by atoms with Crippen LogP contribution in [-0.4, -0.2) is 60.9 Å². The predicted octanol–water partition coefficient (Wildman–Crippen LogP) is 0.903. The number of nitrogens with two attached hydrogens (primary N) is 1. The Hall–Kier alpha value is -1.05. The van der Waals surface area contributed by atoms with E-state index in [9.17, 15) is 9.59 Å². The molecule has 2 amide bonds. The summed E-state index contributed by atoms with van der Waals surface area (Å²) in [6.45, 7) is 3.76. The zero-order valence-electron chi connectivity index (χ0n) is 13.2. The minimum atomic E-state index is -0.310. The van der Waals surface area contributed by atoms with Crippen molar-refractivity contribution in [3.05, 3.63) is 34.9 Å². The Kier molecular flexibility index (Phi) is 11.0. The van der Waals surface area contributed by atoms with E-state index >= 15 is 0 Å². The Morgan fingerprint density at radius 3 is 2.21 bits per heavy atom. The van der Waals surface area contributed by atoms with Crippen molar-refractivity contribution in [2.75, 3.05) is 39.3 Å². The van der Waals surface area contributed by atoms with Gasteiger partial charge >= 0.3 is 0 Å². The number of hydrogen-bond donors (Lipinski definition) is 2. The van der Waals surface area contributed by atoms with Gasteiger partial charge in [0.1, 0.15) is 0 Å². The van der Waals surface area contributed by atoms with E-state index in [0.717, 1.165) is 24.7 Å². The van der Waals surface area contributed by atoms with Gasteiger partial charge in [0.15, 0.2) is 0 Å². The molecule has 2 rings (SSSR count). The summed E-state index contributed by atoms with van der Waals surface area (Å²) in [5.74, 6) is -0.373. The SMILES string of the molecule is Cl.Cl.NCC(=O)NCC(=O)N1CCN(Cc2ccc(Cl)cc2)CC1. The Balaban J connectivity index is 0.00000264. The van der Waals surface area contributed by atoms with Crippen molar-refractivity contribution in [1.29, 1.82) is 0 Å². The molecule has 1 aromatic carbocycles. The van der Waals surface area contributed by atoms with Gasteiger partial charge in [-0.05, 0) is 17.7 Å². The van der Waals surface area contributed by atoms with Crippen molar-refractivity contribution in [3.63, 3.8) is 0 Å². The largest absolute Gasteiger partial charge is 0.346 e. The number of benzene rings is 1. The number of hydrogen-bond acceptors (Lipinski definition) is 4. The van der Waals surface area contributed by atoms with Gasteiger partial charge in [-0.2, -0.15) is 0 Å². The molecular formula is C15H23Cl3N4O2. The molecule has 0 aliphatic carbocycles. The fourth-order valence-electron chi connectivity index (χ4n) is 2.36. The number of piperazine rings is 1. The number of amides is 2. The molecule has 0 atom stereocenters. The molecule has 0 aromatic heterocycles. The molecule has 3 N–H and O–H groups in total. The highest BCUT2D eigenvalue weighted by molar-refractivity contribution is 6.30. The Bertz CT molecular complexity index is 520. The van der Waals surface area contributed by atoms with Crippen molar-refractivity contribution >= 4 is 48.2 Å². The summed E-state index contributed by atoms with van der Waals surface area (Å²) in [5, 5.41) is 3.24. The van der Waals surface area contributed by atoms with E-state index in [1.54, 1.807) is 4.90 Å². The van der Waals surface area contributed by atoms with Crippen LogP contribution in [0.5, 0.6) is 0 Å². The van der Waals surface area contributed by atoms with Gasteiger partial charge in [-0.15, -0.1) is 24.8 Å². The zero-order chi connectivity index (χ0) is 15.9. The highest BCUT2D eigenvalue weighted by Gasteiger charge is 2.21. The minimum absolute atomic E-state index is 0. The molecule has 6 nitrogen and oxygen atoms in total. The molecule has 0 unspecified atom stereocenters. The summed E-state index contributed by atoms with van der Waals surface area (Å²) in [7, 11) is 0. The Morgan fingerprint density at radius 2 is 1.67 bits per heavy atom. The van der Waals surface area contributed by atoms with E-state index in [4.69, 9.17) is 17.3 Å². The predicted molar refractivity (Wildman–Crippen MR) is 99.9 cm³/mol. The maximum Gasteiger partial charge on any atom is 0.242 e. The number of carbonyl (C=O) groups is 2. The van der Waals surface area contributed by atoms with Crippen LogP contribution in [0, 0.1) is 0 Å². The number of carbonyl (C=O) groups excluding carboxylic acids is 2. The van der Waals surface area contributed by atoms with Crippen molar-refractivity contribution in [3.8, 4) is 0 Å². The summed E-state index contributed by atoms with van der Waals surface area (Å²) >= 11 is 5.88. The van der Waals surface area contributed by atoms with E-state index < -0.39 is 0 Å². The summed E-state index contributed by atoms with van der Waals surface area (Å²) < 4.78 is 0. The van der Waals surface area contributed by atoms with E-state index in [1.165, 1.54) is 5.56 Å². The van der Waals surface area contributed by atoms with Crippen molar-refractivity contribution in [1.82, 2.24) is 15.1 Å². The molecule has 1 aromatic rings. The van der Waals surface area contributed by atoms with E-state index in [-0.39, 0.29) is 49.7 Å². The summed E-state index contributed by atoms with van der Waals surface area (Å²) in [6.07, 6.45) is 0. The van der Waals surface area contributed by atoms with Crippen LogP contribution < -0.4 is 11.1 Å². The standard InChI is InChI=1S/C15H21ClN4O2.2ClH/c16-13-3-1-12(2-4-13)11-19-5-7-20(8-6-19)15(22)10-18-14(21)9-17;;/h1-4H,5-11,17H2,(H,18,21);2*1H. The van der Waals surface area contributed by atoms with Gasteiger partial charge in [0.25, 0.3) is 0 Å². The Labute approximate surface area is 159 Å². The van der Waals surface area contributed by atoms with Crippen LogP contribution in [0.25, 0.3) is 0 Å². The van der Waals surface area contributed by atoms with Gasteiger partial charge in [0.2, 0.25) is 11.8 Å². The molecule has 0 spiro atoms. The molecule has 0 bridgehead atoms. The van der Waals surface area contributed by atoms with Gasteiger partial charge in [-0.1, -0.05) is 23.7 Å². The van der Waals surface area contributed by atoms with Gasteiger partial charge < -0.3 is 16.0 Å². The monoisotopic (exact) mass is 396 g/mol. The lowest BCUT2D eigenvalue weighted by Crippen LogP contribution is -2.51. The first kappa shape index (κ1) is 22.9. The van der Waals surface area contributed by atoms with Crippen LogP contribution in [0.3, 0.4) is 0 Å². The molecular weight excluding hydrogens is 375 g/mol. The first-order chi connectivity index (χ1) is 10.6. The van der Waals surface area contributed by atoms with E-state index in [1.807, 2.05) is 24.3 Å². The molecule has 1 saturated heterocycles. The zero-order valence-corrected chi connectivity index (χ0v) is 15.6. The summed E-state index contributed by atoms with van der Waals surface area (Å²) in [5.41, 5.74) is 6.39. The van der Waals surface area contributed by atoms with E-state index in [2.05, 4.69) is 10.2 Å². The lowest BCUT2D eigenvalue weighted by Gasteiger charge is -2.34. The highest BCUT2D eigenvalue weighted by Crippen LogP contribution is 2.12. The van der Waals surface area contributed by atoms with Crippen LogP contribution in [0.2, 0.25) is 5.02 Å². The molecule has 1 heterocycles. The highest BCUT2D eigenvalue weighted by atomic mass is 35.5. The minimum Gasteiger partial charge on any atom is -0.346 e.